The highest BCUT2D eigenvalue weighted by molar-refractivity contribution is 4.96. The fourth-order valence-electron chi connectivity index (χ4n) is 0.889. The van der Waals surface area contributed by atoms with Crippen LogP contribution in [0.5, 0.6) is 0 Å². The normalized spacial score (nSPS) is 12.6. The first-order chi connectivity index (χ1) is 7.41. The van der Waals surface area contributed by atoms with E-state index in [1.54, 1.807) is 6.08 Å². The van der Waals surface area contributed by atoms with Crippen LogP contribution in [0.4, 0.5) is 0 Å². The minimum Gasteiger partial charge on any atom is -0.136 e. The molecule has 0 aromatic carbocycles. The molecule has 0 atom stereocenters. The van der Waals surface area contributed by atoms with Gasteiger partial charge in [0.2, 0.25) is 0 Å². The van der Waals surface area contributed by atoms with Crippen LogP contribution in [0, 0.1) is 4.91 Å². The Morgan fingerprint density at radius 2 is 1.67 bits per heavy atom. The van der Waals surface area contributed by atoms with Gasteiger partial charge in [-0.3, -0.25) is 0 Å². The van der Waals surface area contributed by atoms with Crippen LogP contribution in [0.2, 0.25) is 0 Å². The molecule has 82 valence electrons. The second kappa shape index (κ2) is 12.4. The molecule has 0 aromatic rings. The number of allylic oxidation sites excluding steroid dienone is 5. The van der Waals surface area contributed by atoms with Gasteiger partial charge in [0.15, 0.2) is 0 Å². The third-order valence-electron chi connectivity index (χ3n) is 1.59. The summed E-state index contributed by atoms with van der Waals surface area (Å²) in [6.07, 6.45) is 15.8. The number of rotatable bonds is 8. The Kier molecular flexibility index (Phi) is 11.1. The number of hydrogen-bond donors (Lipinski definition) is 0. The Morgan fingerprint density at radius 3 is 2.33 bits per heavy atom. The Bertz CT molecular complexity index is 255. The average Bonchev–Trinajstić information content (AvgIpc) is 2.26. The molecule has 0 spiro atoms. The molecule has 0 saturated carbocycles. The molecule has 0 amide bonds. The summed E-state index contributed by atoms with van der Waals surface area (Å²) >= 11 is 0. The Morgan fingerprint density at radius 1 is 1.00 bits per heavy atom. The van der Waals surface area contributed by atoms with Crippen LogP contribution in [-0.4, -0.2) is 0 Å². The molecule has 0 N–H and O–H groups in total. The van der Waals surface area contributed by atoms with E-state index in [0.29, 0.717) is 0 Å². The van der Waals surface area contributed by atoms with Gasteiger partial charge >= 0.3 is 0 Å². The van der Waals surface area contributed by atoms with E-state index in [9.17, 15) is 4.91 Å². The van der Waals surface area contributed by atoms with Crippen LogP contribution in [-0.2, 0) is 0 Å². The molecule has 0 saturated heterocycles. The quantitative estimate of drug-likeness (QED) is 0.253. The van der Waals surface area contributed by atoms with E-state index in [0.717, 1.165) is 19.3 Å². The van der Waals surface area contributed by atoms with Crippen LogP contribution < -0.4 is 0 Å². The van der Waals surface area contributed by atoms with E-state index >= 15 is 0 Å². The van der Waals surface area contributed by atoms with Crippen molar-refractivity contribution in [2.75, 3.05) is 0 Å². The first kappa shape index (κ1) is 13.4. The van der Waals surface area contributed by atoms with Crippen molar-refractivity contribution in [3.8, 4) is 0 Å². The topological polar surface area (TPSA) is 54.1 Å². The van der Waals surface area contributed by atoms with Crippen LogP contribution in [0.25, 0.3) is 0 Å². The van der Waals surface area contributed by atoms with Crippen molar-refractivity contribution in [2.45, 2.75) is 32.6 Å². The predicted octanol–water partition coefficient (Wildman–Crippen LogP) is 4.33. The van der Waals surface area contributed by atoms with Gasteiger partial charge in [-0.2, -0.15) is 0 Å². The molecule has 4 nitrogen and oxygen atoms in total. The molecule has 4 heteroatoms. The van der Waals surface area contributed by atoms with Gasteiger partial charge in [0.1, 0.15) is 5.29 Å². The summed E-state index contributed by atoms with van der Waals surface area (Å²) in [4.78, 5) is 9.50. The molecule has 0 fully saturated rings. The minimum absolute atomic E-state index is 0.791. The molecule has 0 radical (unpaired) electrons. The zero-order chi connectivity index (χ0) is 11.2. The van der Waals surface area contributed by atoms with E-state index in [-0.39, 0.29) is 0 Å². The van der Waals surface area contributed by atoms with E-state index in [1.807, 2.05) is 6.08 Å². The standard InChI is InChI=1S/C11H17N3O/c1-2-3-4-5-6-7-8-9-10-11-12-13-14-15/h4-5,7-8,10-11H,2-3,6,9H2,1H3. The summed E-state index contributed by atoms with van der Waals surface area (Å²) in [6, 6.07) is 0. The first-order valence-corrected chi connectivity index (χ1v) is 5.09. The van der Waals surface area contributed by atoms with Crippen molar-refractivity contribution >= 4 is 0 Å². The van der Waals surface area contributed by atoms with Crippen LogP contribution in [0.1, 0.15) is 32.6 Å². The number of nitrogens with zero attached hydrogens (tertiary/aromatic N) is 3. The predicted molar refractivity (Wildman–Crippen MR) is 62.2 cm³/mol. The summed E-state index contributed by atoms with van der Waals surface area (Å²) in [5.41, 5.74) is 0. The molecular weight excluding hydrogens is 190 g/mol. The van der Waals surface area contributed by atoms with Crippen molar-refractivity contribution in [3.63, 3.8) is 0 Å². The van der Waals surface area contributed by atoms with Crippen molar-refractivity contribution in [3.05, 3.63) is 41.5 Å². The number of hydrogen-bond acceptors (Lipinski definition) is 2. The maximum absolute atomic E-state index is 9.50. The Hall–Kier alpha value is -1.58. The second-order valence-electron chi connectivity index (χ2n) is 2.87. The van der Waals surface area contributed by atoms with Gasteiger partial charge in [-0.15, -0.1) is 10.0 Å². The first-order valence-electron chi connectivity index (χ1n) is 5.09. The third-order valence-corrected chi connectivity index (χ3v) is 1.59. The lowest BCUT2D eigenvalue weighted by molar-refractivity contribution is 0.954. The molecule has 0 aliphatic rings. The fraction of sp³-hybridized carbons (Fsp3) is 0.455. The minimum atomic E-state index is 0.791. The van der Waals surface area contributed by atoms with Gasteiger partial charge in [0, 0.05) is 6.20 Å². The lowest BCUT2D eigenvalue weighted by atomic mass is 10.2. The molecule has 0 aliphatic carbocycles. The number of unbranched alkanes of at least 4 members (excludes halogenated alkanes) is 1. The summed E-state index contributed by atoms with van der Waals surface area (Å²) in [6.45, 7) is 2.16. The summed E-state index contributed by atoms with van der Waals surface area (Å²) in [7, 11) is 0. The SMILES string of the molecule is CCCC=CCC=CCC=CN=NN=O. The van der Waals surface area contributed by atoms with Crippen molar-refractivity contribution in [2.24, 2.45) is 15.6 Å². The van der Waals surface area contributed by atoms with Gasteiger partial charge < -0.3 is 0 Å². The van der Waals surface area contributed by atoms with Gasteiger partial charge in [-0.1, -0.05) is 43.7 Å². The second-order valence-corrected chi connectivity index (χ2v) is 2.87. The van der Waals surface area contributed by atoms with E-state index in [4.69, 9.17) is 0 Å². The van der Waals surface area contributed by atoms with Gasteiger partial charge in [-0.05, 0) is 24.5 Å². The van der Waals surface area contributed by atoms with E-state index in [1.165, 1.54) is 12.6 Å². The molecule has 0 aromatic heterocycles. The third kappa shape index (κ3) is 12.4. The summed E-state index contributed by atoms with van der Waals surface area (Å²) in [5.74, 6) is 0. The average molecular weight is 207 g/mol. The van der Waals surface area contributed by atoms with Crippen molar-refractivity contribution < 1.29 is 0 Å². The highest BCUT2D eigenvalue weighted by Gasteiger charge is 1.74. The Balaban J connectivity index is 3.42. The Labute approximate surface area is 90.4 Å². The van der Waals surface area contributed by atoms with Gasteiger partial charge in [0.05, 0.1) is 0 Å². The maximum atomic E-state index is 9.50. The summed E-state index contributed by atoms with van der Waals surface area (Å²) in [5, 5.41) is 8.52. The van der Waals surface area contributed by atoms with Crippen LogP contribution in [0.15, 0.2) is 52.2 Å². The zero-order valence-electron chi connectivity index (χ0n) is 9.04. The highest BCUT2D eigenvalue weighted by Crippen LogP contribution is 1.94. The molecular formula is C11H17N3O. The number of nitroso groups, excluding NO2 is 1. The monoisotopic (exact) mass is 207 g/mol. The molecule has 0 bridgehead atoms. The maximum Gasteiger partial charge on any atom is 0.100 e. The van der Waals surface area contributed by atoms with E-state index in [2.05, 4.69) is 40.8 Å². The van der Waals surface area contributed by atoms with E-state index < -0.39 is 0 Å². The van der Waals surface area contributed by atoms with Gasteiger partial charge in [0.25, 0.3) is 0 Å². The lowest BCUT2D eigenvalue weighted by Gasteiger charge is -1.84. The summed E-state index contributed by atoms with van der Waals surface area (Å²) < 4.78 is 0. The van der Waals surface area contributed by atoms with Gasteiger partial charge in [-0.25, -0.2) is 0 Å². The molecule has 0 heterocycles. The van der Waals surface area contributed by atoms with Crippen LogP contribution in [0.3, 0.4) is 0 Å². The molecule has 0 aliphatic heterocycles. The lowest BCUT2D eigenvalue weighted by Crippen LogP contribution is -1.63. The molecule has 0 unspecified atom stereocenters. The largest absolute Gasteiger partial charge is 0.136 e. The molecule has 0 rings (SSSR count). The highest BCUT2D eigenvalue weighted by atomic mass is 16.3. The van der Waals surface area contributed by atoms with Crippen molar-refractivity contribution in [1.29, 1.82) is 0 Å². The van der Waals surface area contributed by atoms with Crippen LogP contribution >= 0.6 is 0 Å². The van der Waals surface area contributed by atoms with Crippen molar-refractivity contribution in [1.82, 2.24) is 0 Å². The smallest absolute Gasteiger partial charge is 0.100 e. The molecule has 15 heavy (non-hydrogen) atoms. The fourth-order valence-corrected chi connectivity index (χ4v) is 0.889. The zero-order valence-corrected chi connectivity index (χ0v) is 9.04.